The minimum Gasteiger partial charge on any atom is -0.355 e. The van der Waals surface area contributed by atoms with Gasteiger partial charge in [-0.15, -0.1) is 0 Å². The quantitative estimate of drug-likeness (QED) is 0.737. The number of nitrogens with zero attached hydrogens (tertiary/aromatic N) is 2. The number of likely N-dealkylation sites (N-methyl/N-ethyl adjacent to an activating group) is 1. The summed E-state index contributed by atoms with van der Waals surface area (Å²) >= 11 is 0. The predicted molar refractivity (Wildman–Crippen MR) is 77.0 cm³/mol. The van der Waals surface area contributed by atoms with E-state index in [0.29, 0.717) is 6.42 Å². The third-order valence-electron chi connectivity index (χ3n) is 4.46. The maximum atomic E-state index is 11.9. The molecule has 1 aliphatic carbocycles. The minimum atomic E-state index is -0.224. The second kappa shape index (κ2) is 6.68. The van der Waals surface area contributed by atoms with Crippen molar-refractivity contribution >= 4 is 5.91 Å². The second-order valence-electron chi connectivity index (χ2n) is 6.24. The number of hydrogen-bond acceptors (Lipinski definition) is 4. The summed E-state index contributed by atoms with van der Waals surface area (Å²) in [5.74, 6) is 0.124. The Bertz CT molecular complexity index is 294. The van der Waals surface area contributed by atoms with E-state index in [9.17, 15) is 4.79 Å². The Morgan fingerprint density at radius 3 is 2.47 bits per heavy atom. The van der Waals surface area contributed by atoms with E-state index in [4.69, 9.17) is 5.73 Å². The molecule has 3 N–H and O–H groups in total. The smallest absolute Gasteiger partial charge is 0.221 e. The van der Waals surface area contributed by atoms with Crippen molar-refractivity contribution in [2.45, 2.75) is 37.6 Å². The van der Waals surface area contributed by atoms with Crippen molar-refractivity contribution in [3.05, 3.63) is 0 Å². The van der Waals surface area contributed by atoms with Gasteiger partial charge in [0.05, 0.1) is 0 Å². The lowest BCUT2D eigenvalue weighted by Gasteiger charge is -2.32. The summed E-state index contributed by atoms with van der Waals surface area (Å²) in [6.07, 6.45) is 4.84. The first-order chi connectivity index (χ1) is 9.07. The molecule has 0 aromatic carbocycles. The average Bonchev–Trinajstić information content (AvgIpc) is 2.78. The number of nitrogens with one attached hydrogen (secondary N) is 1. The van der Waals surface area contributed by atoms with Gasteiger partial charge >= 0.3 is 0 Å². The molecule has 0 spiro atoms. The van der Waals surface area contributed by atoms with Crippen LogP contribution in [-0.4, -0.2) is 67.6 Å². The van der Waals surface area contributed by atoms with Gasteiger partial charge in [0.25, 0.3) is 0 Å². The monoisotopic (exact) mass is 268 g/mol. The highest BCUT2D eigenvalue weighted by Gasteiger charge is 2.31. The van der Waals surface area contributed by atoms with Gasteiger partial charge < -0.3 is 16.0 Å². The molecule has 2 aliphatic rings. The van der Waals surface area contributed by atoms with Crippen LogP contribution in [0.4, 0.5) is 0 Å². The molecular formula is C14H28N4O. The van der Waals surface area contributed by atoms with Crippen molar-refractivity contribution in [1.82, 2.24) is 15.1 Å². The summed E-state index contributed by atoms with van der Waals surface area (Å²) in [7, 11) is 2.15. The van der Waals surface area contributed by atoms with Gasteiger partial charge in [-0.3, -0.25) is 9.69 Å². The van der Waals surface area contributed by atoms with Crippen LogP contribution in [0, 0.1) is 0 Å². The van der Waals surface area contributed by atoms with Crippen LogP contribution in [0.15, 0.2) is 0 Å². The van der Waals surface area contributed by atoms with Gasteiger partial charge in [0, 0.05) is 51.2 Å². The third kappa shape index (κ3) is 4.75. The molecule has 110 valence electrons. The highest BCUT2D eigenvalue weighted by molar-refractivity contribution is 5.77. The molecule has 0 aromatic heterocycles. The van der Waals surface area contributed by atoms with Crippen LogP contribution in [0.3, 0.4) is 0 Å². The van der Waals surface area contributed by atoms with Crippen molar-refractivity contribution in [1.29, 1.82) is 0 Å². The number of carbonyl (C=O) groups is 1. The molecule has 1 aliphatic heterocycles. The summed E-state index contributed by atoms with van der Waals surface area (Å²) in [4.78, 5) is 16.6. The maximum absolute atomic E-state index is 11.9. The SMILES string of the molecule is CN1CCN(CCNC(=O)CC2(N)CCCC2)CC1. The van der Waals surface area contributed by atoms with Crippen molar-refractivity contribution in [3.8, 4) is 0 Å². The van der Waals surface area contributed by atoms with Gasteiger partial charge in [-0.05, 0) is 19.9 Å². The molecular weight excluding hydrogens is 240 g/mol. The summed E-state index contributed by atoms with van der Waals surface area (Å²) in [5.41, 5.74) is 5.99. The fourth-order valence-corrected chi connectivity index (χ4v) is 3.06. The van der Waals surface area contributed by atoms with Crippen molar-refractivity contribution in [3.63, 3.8) is 0 Å². The first kappa shape index (κ1) is 14.8. The van der Waals surface area contributed by atoms with Gasteiger partial charge in [0.2, 0.25) is 5.91 Å². The molecule has 0 aromatic rings. The second-order valence-corrected chi connectivity index (χ2v) is 6.24. The minimum absolute atomic E-state index is 0.124. The molecule has 1 heterocycles. The van der Waals surface area contributed by atoms with Crippen LogP contribution in [-0.2, 0) is 4.79 Å². The Morgan fingerprint density at radius 2 is 1.84 bits per heavy atom. The molecule has 1 saturated carbocycles. The lowest BCUT2D eigenvalue weighted by Crippen LogP contribution is -2.48. The van der Waals surface area contributed by atoms with Crippen LogP contribution in [0.5, 0.6) is 0 Å². The Hall–Kier alpha value is -0.650. The highest BCUT2D eigenvalue weighted by Crippen LogP contribution is 2.29. The Kier molecular flexibility index (Phi) is 5.19. The van der Waals surface area contributed by atoms with Gasteiger partial charge in [0.1, 0.15) is 0 Å². The Morgan fingerprint density at radius 1 is 1.21 bits per heavy atom. The molecule has 5 heteroatoms. The zero-order valence-electron chi connectivity index (χ0n) is 12.2. The van der Waals surface area contributed by atoms with Crippen LogP contribution < -0.4 is 11.1 Å². The molecule has 0 radical (unpaired) electrons. The topological polar surface area (TPSA) is 61.6 Å². The summed E-state index contributed by atoms with van der Waals surface area (Å²) < 4.78 is 0. The van der Waals surface area contributed by atoms with E-state index in [1.54, 1.807) is 0 Å². The van der Waals surface area contributed by atoms with E-state index in [2.05, 4.69) is 22.2 Å². The van der Waals surface area contributed by atoms with E-state index in [1.807, 2.05) is 0 Å². The highest BCUT2D eigenvalue weighted by atomic mass is 16.1. The lowest BCUT2D eigenvalue weighted by molar-refractivity contribution is -0.122. The fourth-order valence-electron chi connectivity index (χ4n) is 3.06. The predicted octanol–water partition coefficient (Wildman–Crippen LogP) is 0.0116. The van der Waals surface area contributed by atoms with Crippen LogP contribution in [0.2, 0.25) is 0 Å². The normalized spacial score (nSPS) is 24.5. The number of rotatable bonds is 5. The van der Waals surface area contributed by atoms with E-state index in [-0.39, 0.29) is 11.4 Å². The van der Waals surface area contributed by atoms with E-state index in [1.165, 1.54) is 12.8 Å². The van der Waals surface area contributed by atoms with Crippen molar-refractivity contribution in [2.75, 3.05) is 46.3 Å². The largest absolute Gasteiger partial charge is 0.355 e. The molecule has 0 atom stereocenters. The average molecular weight is 268 g/mol. The molecule has 2 fully saturated rings. The van der Waals surface area contributed by atoms with E-state index >= 15 is 0 Å². The fraction of sp³-hybridized carbons (Fsp3) is 0.929. The zero-order chi connectivity index (χ0) is 13.7. The molecule has 1 saturated heterocycles. The molecule has 0 bridgehead atoms. The number of amides is 1. The molecule has 0 unspecified atom stereocenters. The molecule has 5 nitrogen and oxygen atoms in total. The molecule has 1 amide bonds. The van der Waals surface area contributed by atoms with Gasteiger partial charge in [-0.2, -0.15) is 0 Å². The van der Waals surface area contributed by atoms with Crippen molar-refractivity contribution in [2.24, 2.45) is 5.73 Å². The third-order valence-corrected chi connectivity index (χ3v) is 4.46. The van der Waals surface area contributed by atoms with E-state index < -0.39 is 0 Å². The summed E-state index contributed by atoms with van der Waals surface area (Å²) in [5, 5.41) is 3.02. The number of carbonyl (C=O) groups excluding carboxylic acids is 1. The van der Waals surface area contributed by atoms with Crippen molar-refractivity contribution < 1.29 is 4.79 Å². The van der Waals surface area contributed by atoms with Crippen LogP contribution >= 0.6 is 0 Å². The molecule has 2 rings (SSSR count). The van der Waals surface area contributed by atoms with Gasteiger partial charge in [0.15, 0.2) is 0 Å². The Balaban J connectivity index is 1.59. The number of piperazine rings is 1. The first-order valence-corrected chi connectivity index (χ1v) is 7.54. The van der Waals surface area contributed by atoms with Crippen LogP contribution in [0.25, 0.3) is 0 Å². The summed E-state index contributed by atoms with van der Waals surface area (Å²) in [6.45, 7) is 6.16. The molecule has 19 heavy (non-hydrogen) atoms. The van der Waals surface area contributed by atoms with E-state index in [0.717, 1.165) is 52.1 Å². The zero-order valence-corrected chi connectivity index (χ0v) is 12.2. The lowest BCUT2D eigenvalue weighted by atomic mass is 9.94. The first-order valence-electron chi connectivity index (χ1n) is 7.54. The maximum Gasteiger partial charge on any atom is 0.221 e. The van der Waals surface area contributed by atoms with Crippen LogP contribution in [0.1, 0.15) is 32.1 Å². The van der Waals surface area contributed by atoms with Gasteiger partial charge in [-0.25, -0.2) is 0 Å². The van der Waals surface area contributed by atoms with Gasteiger partial charge in [-0.1, -0.05) is 12.8 Å². The standard InChI is InChI=1S/C14H28N4O/c1-17-8-10-18(11-9-17)7-6-16-13(19)12-14(15)4-2-3-5-14/h2-12,15H2,1H3,(H,16,19). The number of nitrogens with two attached hydrogens (primary N) is 1. The Labute approximate surface area is 116 Å². The number of hydrogen-bond donors (Lipinski definition) is 2. The summed E-state index contributed by atoms with van der Waals surface area (Å²) in [6, 6.07) is 0.